The van der Waals surface area contributed by atoms with Crippen molar-refractivity contribution in [3.05, 3.63) is 92.1 Å². The van der Waals surface area contributed by atoms with Gasteiger partial charge in [0.1, 0.15) is 0 Å². The largest absolute Gasteiger partial charge is 0.481 e. The van der Waals surface area contributed by atoms with E-state index in [-0.39, 0.29) is 36.5 Å². The molecule has 1 aliphatic heterocycles. The van der Waals surface area contributed by atoms with Crippen molar-refractivity contribution in [3.8, 4) is 0 Å². The number of likely N-dealkylation sites (tertiary alicyclic amines) is 1. The topological polar surface area (TPSA) is 104 Å². The van der Waals surface area contributed by atoms with Crippen molar-refractivity contribution >= 4 is 56.4 Å². The summed E-state index contributed by atoms with van der Waals surface area (Å²) in [6.45, 7) is 1.76. The second-order valence-electron chi connectivity index (χ2n) is 11.6. The van der Waals surface area contributed by atoms with E-state index in [2.05, 4.69) is 4.72 Å². The van der Waals surface area contributed by atoms with Crippen molar-refractivity contribution in [3.63, 3.8) is 0 Å². The number of carbonyl (C=O) groups excluding carboxylic acids is 1. The molecule has 0 radical (unpaired) electrons. The lowest BCUT2D eigenvalue weighted by Gasteiger charge is -2.52. The summed E-state index contributed by atoms with van der Waals surface area (Å²) >= 11 is 14.2. The molecule has 1 aliphatic carbocycles. The zero-order chi connectivity index (χ0) is 30.1. The number of aryl methyl sites for hydroxylation is 1. The van der Waals surface area contributed by atoms with Gasteiger partial charge in [-0.3, -0.25) is 9.59 Å². The van der Waals surface area contributed by atoms with Gasteiger partial charge in [0.2, 0.25) is 15.9 Å². The van der Waals surface area contributed by atoms with Gasteiger partial charge in [-0.25, -0.2) is 13.1 Å². The van der Waals surface area contributed by atoms with Crippen LogP contribution in [0, 0.1) is 11.3 Å². The molecule has 2 aliphatic rings. The minimum atomic E-state index is -3.63. The van der Waals surface area contributed by atoms with Gasteiger partial charge in [-0.15, -0.1) is 11.3 Å². The van der Waals surface area contributed by atoms with E-state index in [1.165, 1.54) is 11.3 Å². The average molecular weight is 650 g/mol. The highest BCUT2D eigenvalue weighted by Gasteiger charge is 2.54. The quantitative estimate of drug-likeness (QED) is 0.232. The summed E-state index contributed by atoms with van der Waals surface area (Å²) in [4.78, 5) is 29.3. The van der Waals surface area contributed by atoms with Gasteiger partial charge in [-0.2, -0.15) is 0 Å². The maximum Gasteiger partial charge on any atom is 0.304 e. The van der Waals surface area contributed by atoms with Crippen LogP contribution in [0.1, 0.15) is 60.6 Å². The molecule has 4 unspecified atom stereocenters. The van der Waals surface area contributed by atoms with E-state index >= 15 is 0 Å². The molecule has 4 atom stereocenters. The summed E-state index contributed by atoms with van der Waals surface area (Å²) < 4.78 is 29.0. The Kier molecular flexibility index (Phi) is 9.35. The number of thiophene rings is 1. The van der Waals surface area contributed by atoms with Crippen LogP contribution in [0.5, 0.6) is 0 Å². The summed E-state index contributed by atoms with van der Waals surface area (Å²) in [6.07, 6.45) is 2.08. The van der Waals surface area contributed by atoms with E-state index in [9.17, 15) is 23.1 Å². The average Bonchev–Trinajstić information content (AvgIpc) is 3.63. The normalized spacial score (nSPS) is 23.6. The maximum absolute atomic E-state index is 14.5. The third kappa shape index (κ3) is 7.19. The summed E-state index contributed by atoms with van der Waals surface area (Å²) in [5.74, 6) is -1.59. The van der Waals surface area contributed by atoms with E-state index < -0.39 is 33.5 Å². The Morgan fingerprint density at radius 1 is 1.10 bits per heavy atom. The van der Waals surface area contributed by atoms with E-state index in [0.717, 1.165) is 28.8 Å². The summed E-state index contributed by atoms with van der Waals surface area (Å²) in [7, 11) is -3.63. The number of sulfonamides is 1. The van der Waals surface area contributed by atoms with Gasteiger partial charge in [0, 0.05) is 33.4 Å². The molecule has 3 aromatic rings. The highest BCUT2D eigenvalue weighted by atomic mass is 35.5. The van der Waals surface area contributed by atoms with Crippen molar-refractivity contribution in [1.29, 1.82) is 0 Å². The van der Waals surface area contributed by atoms with Crippen LogP contribution < -0.4 is 4.72 Å². The van der Waals surface area contributed by atoms with Crippen LogP contribution in [0.4, 0.5) is 0 Å². The summed E-state index contributed by atoms with van der Waals surface area (Å²) in [5, 5.41) is 12.9. The molecule has 42 heavy (non-hydrogen) atoms. The Morgan fingerprint density at radius 3 is 2.45 bits per heavy atom. The first kappa shape index (κ1) is 31.0. The SMILES string of the molecule is CC1(CC(=O)O)CC(c2cccc(Cl)c2)C(c2ccc(Cl)cc2)N(C(CNS(=O)(=O)CCc2cccs2)C2CC2)C1=O. The fourth-order valence-electron chi connectivity index (χ4n) is 6.19. The summed E-state index contributed by atoms with van der Waals surface area (Å²) in [6, 6.07) is 17.7. The Labute approximate surface area is 260 Å². The first-order chi connectivity index (χ1) is 20.0. The lowest BCUT2D eigenvalue weighted by Crippen LogP contribution is -2.59. The fraction of sp³-hybridized carbons (Fsp3) is 0.419. The van der Waals surface area contributed by atoms with Gasteiger partial charge in [0.25, 0.3) is 0 Å². The number of piperidine rings is 1. The zero-order valence-corrected chi connectivity index (χ0v) is 26.4. The highest BCUT2D eigenvalue weighted by Crippen LogP contribution is 2.54. The number of carbonyl (C=O) groups is 2. The number of carboxylic acids is 1. The molecular weight excluding hydrogens is 615 g/mol. The molecule has 2 aromatic carbocycles. The molecule has 2 heterocycles. The number of carboxylic acid groups (broad SMARTS) is 1. The number of halogens is 2. The number of hydrogen-bond donors (Lipinski definition) is 2. The van der Waals surface area contributed by atoms with E-state index in [1.807, 2.05) is 47.8 Å². The van der Waals surface area contributed by atoms with Crippen LogP contribution in [-0.2, 0) is 26.0 Å². The first-order valence-electron chi connectivity index (χ1n) is 14.0. The fourth-order valence-corrected chi connectivity index (χ4v) is 8.41. The van der Waals surface area contributed by atoms with Gasteiger partial charge in [-0.05, 0) is 78.4 Å². The lowest BCUT2D eigenvalue weighted by molar-refractivity contribution is -0.161. The number of hydrogen-bond acceptors (Lipinski definition) is 5. The maximum atomic E-state index is 14.5. The molecule has 1 saturated heterocycles. The standard InChI is InChI=1S/C31H34Cl2N2O5S2/c1-31(18-28(36)37)17-26(22-4-2-5-24(33)16-22)29(21-9-11-23(32)12-10-21)35(30(31)38)27(20-7-8-20)19-34-42(39,40)15-13-25-6-3-14-41-25/h2-6,9-12,14,16,20,26-27,29,34H,7-8,13,15,17-19H2,1H3,(H,36,37). The first-order valence-corrected chi connectivity index (χ1v) is 17.3. The zero-order valence-electron chi connectivity index (χ0n) is 23.2. The van der Waals surface area contributed by atoms with Crippen molar-refractivity contribution in [2.75, 3.05) is 12.3 Å². The highest BCUT2D eigenvalue weighted by molar-refractivity contribution is 7.89. The van der Waals surface area contributed by atoms with Crippen LogP contribution in [0.15, 0.2) is 66.0 Å². The molecule has 0 bridgehead atoms. The lowest BCUT2D eigenvalue weighted by atomic mass is 9.67. The smallest absolute Gasteiger partial charge is 0.304 e. The van der Waals surface area contributed by atoms with Crippen LogP contribution >= 0.6 is 34.5 Å². The number of nitrogens with zero attached hydrogens (tertiary/aromatic N) is 1. The van der Waals surface area contributed by atoms with Crippen LogP contribution in [0.3, 0.4) is 0 Å². The second-order valence-corrected chi connectivity index (χ2v) is 15.4. The Hall–Kier alpha value is -2.43. The molecule has 2 fully saturated rings. The predicted octanol–water partition coefficient (Wildman–Crippen LogP) is 6.53. The van der Waals surface area contributed by atoms with E-state index in [1.54, 1.807) is 30.0 Å². The molecule has 11 heteroatoms. The molecule has 224 valence electrons. The molecule has 2 N–H and O–H groups in total. The molecule has 7 nitrogen and oxygen atoms in total. The molecule has 1 saturated carbocycles. The number of rotatable bonds is 12. The minimum Gasteiger partial charge on any atom is -0.481 e. The number of benzene rings is 2. The number of amides is 1. The second kappa shape index (κ2) is 12.7. The van der Waals surface area contributed by atoms with Crippen LogP contribution in [0.25, 0.3) is 0 Å². The van der Waals surface area contributed by atoms with Gasteiger partial charge >= 0.3 is 5.97 Å². The van der Waals surface area contributed by atoms with Crippen molar-refractivity contribution in [2.45, 2.75) is 57.0 Å². The van der Waals surface area contributed by atoms with Crippen molar-refractivity contribution in [2.24, 2.45) is 11.3 Å². The van der Waals surface area contributed by atoms with Crippen molar-refractivity contribution in [1.82, 2.24) is 9.62 Å². The van der Waals surface area contributed by atoms with Crippen LogP contribution in [-0.4, -0.2) is 48.6 Å². The van der Waals surface area contributed by atoms with Crippen molar-refractivity contribution < 1.29 is 23.1 Å². The van der Waals surface area contributed by atoms with Gasteiger partial charge in [0.05, 0.1) is 23.6 Å². The minimum absolute atomic E-state index is 0.0542. The monoisotopic (exact) mass is 648 g/mol. The number of nitrogens with one attached hydrogen (secondary N) is 1. The third-order valence-corrected chi connectivity index (χ3v) is 11.1. The van der Waals surface area contributed by atoms with Gasteiger partial charge < -0.3 is 10.0 Å². The Bertz CT molecular complexity index is 1530. The van der Waals surface area contributed by atoms with Crippen LogP contribution in [0.2, 0.25) is 10.0 Å². The molecule has 1 aromatic heterocycles. The van der Waals surface area contributed by atoms with E-state index in [4.69, 9.17) is 23.2 Å². The Balaban J connectivity index is 1.55. The summed E-state index contributed by atoms with van der Waals surface area (Å²) in [5.41, 5.74) is 0.538. The van der Waals surface area contributed by atoms with Gasteiger partial charge in [-0.1, -0.05) is 60.5 Å². The van der Waals surface area contributed by atoms with Gasteiger partial charge in [0.15, 0.2) is 0 Å². The molecule has 1 amide bonds. The molecule has 5 rings (SSSR count). The van der Waals surface area contributed by atoms with E-state index in [0.29, 0.717) is 22.9 Å². The number of aliphatic carboxylic acids is 1. The molecular formula is C31H34Cl2N2O5S2. The Morgan fingerprint density at radius 2 is 1.83 bits per heavy atom. The predicted molar refractivity (Wildman–Crippen MR) is 167 cm³/mol. The third-order valence-electron chi connectivity index (χ3n) is 8.36. The molecule has 0 spiro atoms.